The zero-order chi connectivity index (χ0) is 16.5. The van der Waals surface area contributed by atoms with Gasteiger partial charge in [0.15, 0.2) is 5.69 Å². The number of esters is 1. The number of hydrogen-bond donors (Lipinski definition) is 0. The molecular weight excluding hydrogens is 330 g/mol. The third-order valence-corrected chi connectivity index (χ3v) is 2.89. The molecule has 0 unspecified atom stereocenters. The van der Waals surface area contributed by atoms with Gasteiger partial charge in [-0.25, -0.2) is 14.2 Å². The SMILES string of the molecule is COC(=O)c1nc(-c2ccc(F)c(Cl)c2)oc1CC(F)(F)F. The van der Waals surface area contributed by atoms with E-state index >= 15 is 0 Å². The highest BCUT2D eigenvalue weighted by Crippen LogP contribution is 2.30. The van der Waals surface area contributed by atoms with E-state index in [0.29, 0.717) is 0 Å². The van der Waals surface area contributed by atoms with Gasteiger partial charge in [0.05, 0.1) is 12.1 Å². The summed E-state index contributed by atoms with van der Waals surface area (Å²) in [7, 11) is 1.00. The fraction of sp³-hybridized carbons (Fsp3) is 0.231. The van der Waals surface area contributed by atoms with Crippen LogP contribution in [0.4, 0.5) is 17.6 Å². The molecule has 2 aromatic rings. The van der Waals surface area contributed by atoms with Crippen molar-refractivity contribution in [1.82, 2.24) is 4.98 Å². The molecule has 0 bridgehead atoms. The van der Waals surface area contributed by atoms with Gasteiger partial charge in [-0.3, -0.25) is 0 Å². The predicted octanol–water partition coefficient (Wildman–Crippen LogP) is 4.03. The van der Waals surface area contributed by atoms with Crippen molar-refractivity contribution in [1.29, 1.82) is 0 Å². The summed E-state index contributed by atoms with van der Waals surface area (Å²) in [6, 6.07) is 3.34. The Balaban J connectivity index is 2.49. The van der Waals surface area contributed by atoms with Gasteiger partial charge in [0.2, 0.25) is 5.89 Å². The molecule has 4 nitrogen and oxygen atoms in total. The molecule has 1 heterocycles. The Labute approximate surface area is 126 Å². The van der Waals surface area contributed by atoms with E-state index in [1.807, 2.05) is 0 Å². The maximum Gasteiger partial charge on any atom is 0.396 e. The first-order chi connectivity index (χ1) is 10.2. The second-order valence-electron chi connectivity index (χ2n) is 4.20. The Morgan fingerprint density at radius 3 is 2.64 bits per heavy atom. The van der Waals surface area contributed by atoms with Crippen LogP contribution in [0, 0.1) is 5.82 Å². The van der Waals surface area contributed by atoms with Crippen LogP contribution in [0.25, 0.3) is 11.5 Å². The number of methoxy groups -OCH3 is 1. The fourth-order valence-corrected chi connectivity index (χ4v) is 1.84. The lowest BCUT2D eigenvalue weighted by molar-refractivity contribution is -0.130. The van der Waals surface area contributed by atoms with Gasteiger partial charge in [-0.15, -0.1) is 0 Å². The molecule has 1 aromatic carbocycles. The first-order valence-electron chi connectivity index (χ1n) is 5.81. The van der Waals surface area contributed by atoms with Crippen molar-refractivity contribution in [2.45, 2.75) is 12.6 Å². The minimum atomic E-state index is -4.60. The lowest BCUT2D eigenvalue weighted by atomic mass is 10.2. The van der Waals surface area contributed by atoms with Crippen LogP contribution < -0.4 is 0 Å². The number of rotatable bonds is 3. The van der Waals surface area contributed by atoms with Crippen molar-refractivity contribution in [3.63, 3.8) is 0 Å². The maximum atomic E-state index is 13.1. The van der Waals surface area contributed by atoms with Gasteiger partial charge in [0, 0.05) is 5.56 Å². The van der Waals surface area contributed by atoms with E-state index in [4.69, 9.17) is 16.0 Å². The zero-order valence-electron chi connectivity index (χ0n) is 11.0. The molecule has 118 valence electrons. The molecule has 0 saturated carbocycles. The number of aromatic nitrogens is 1. The van der Waals surface area contributed by atoms with Crippen LogP contribution in [-0.2, 0) is 11.2 Å². The molecule has 0 aliphatic heterocycles. The molecule has 0 atom stereocenters. The number of carbonyl (C=O) groups is 1. The maximum absolute atomic E-state index is 13.1. The van der Waals surface area contributed by atoms with E-state index in [-0.39, 0.29) is 16.5 Å². The van der Waals surface area contributed by atoms with Crippen molar-refractivity contribution >= 4 is 17.6 Å². The Morgan fingerprint density at radius 1 is 1.41 bits per heavy atom. The molecule has 0 radical (unpaired) electrons. The van der Waals surface area contributed by atoms with Crippen LogP contribution in [0.2, 0.25) is 5.02 Å². The molecule has 0 aliphatic rings. The highest BCUT2D eigenvalue weighted by Gasteiger charge is 2.34. The molecule has 2 rings (SSSR count). The van der Waals surface area contributed by atoms with Crippen LogP contribution in [-0.4, -0.2) is 24.2 Å². The van der Waals surface area contributed by atoms with Crippen LogP contribution in [0.1, 0.15) is 16.2 Å². The number of ether oxygens (including phenoxy) is 1. The summed E-state index contributed by atoms with van der Waals surface area (Å²) in [6.45, 7) is 0. The molecule has 1 aromatic heterocycles. The first-order valence-corrected chi connectivity index (χ1v) is 6.19. The molecule has 0 fully saturated rings. The average molecular weight is 338 g/mol. The van der Waals surface area contributed by atoms with E-state index in [9.17, 15) is 22.4 Å². The summed E-state index contributed by atoms with van der Waals surface area (Å²) in [4.78, 5) is 15.2. The third-order valence-electron chi connectivity index (χ3n) is 2.60. The van der Waals surface area contributed by atoms with E-state index in [1.165, 1.54) is 6.07 Å². The molecule has 0 amide bonds. The average Bonchev–Trinajstić information content (AvgIpc) is 2.82. The van der Waals surface area contributed by atoms with Gasteiger partial charge in [0.1, 0.15) is 18.0 Å². The fourth-order valence-electron chi connectivity index (χ4n) is 1.66. The highest BCUT2D eigenvalue weighted by atomic mass is 35.5. The summed E-state index contributed by atoms with van der Waals surface area (Å²) < 4.78 is 60.0. The molecule has 0 spiro atoms. The van der Waals surface area contributed by atoms with E-state index < -0.39 is 35.8 Å². The highest BCUT2D eigenvalue weighted by molar-refractivity contribution is 6.31. The van der Waals surface area contributed by atoms with Crippen LogP contribution in [0.3, 0.4) is 0 Å². The normalized spacial score (nSPS) is 11.5. The van der Waals surface area contributed by atoms with Gasteiger partial charge in [-0.1, -0.05) is 11.6 Å². The quantitative estimate of drug-likeness (QED) is 0.627. The minimum Gasteiger partial charge on any atom is -0.464 e. The Kier molecular flexibility index (Phi) is 4.41. The number of carbonyl (C=O) groups excluding carboxylic acids is 1. The number of hydrogen-bond acceptors (Lipinski definition) is 4. The van der Waals surface area contributed by atoms with Crippen molar-refractivity contribution in [2.75, 3.05) is 7.11 Å². The number of alkyl halides is 3. The second kappa shape index (κ2) is 5.96. The van der Waals surface area contributed by atoms with Crippen molar-refractivity contribution in [2.24, 2.45) is 0 Å². The molecular formula is C13H8ClF4NO3. The van der Waals surface area contributed by atoms with Crippen molar-refractivity contribution < 1.29 is 31.5 Å². The van der Waals surface area contributed by atoms with E-state index in [1.54, 1.807) is 0 Å². The van der Waals surface area contributed by atoms with Crippen LogP contribution >= 0.6 is 11.6 Å². The molecule has 0 N–H and O–H groups in total. The standard InChI is InChI=1S/C13H8ClF4NO3/c1-21-12(20)10-9(5-13(16,17)18)22-11(19-10)6-2-3-8(15)7(14)4-6/h2-4H,5H2,1H3. The Hall–Kier alpha value is -2.09. The largest absolute Gasteiger partial charge is 0.464 e. The Morgan fingerprint density at radius 2 is 2.09 bits per heavy atom. The van der Waals surface area contributed by atoms with Crippen molar-refractivity contribution in [3.8, 4) is 11.5 Å². The number of oxazole rings is 1. The summed E-state index contributed by atoms with van der Waals surface area (Å²) in [5.41, 5.74) is -0.458. The van der Waals surface area contributed by atoms with E-state index in [0.717, 1.165) is 19.2 Å². The lowest BCUT2D eigenvalue weighted by Gasteiger charge is -2.03. The smallest absolute Gasteiger partial charge is 0.396 e. The predicted molar refractivity (Wildman–Crippen MR) is 68.0 cm³/mol. The van der Waals surface area contributed by atoms with Gasteiger partial charge >= 0.3 is 12.1 Å². The molecule has 9 heteroatoms. The van der Waals surface area contributed by atoms with Gasteiger partial charge in [0.25, 0.3) is 0 Å². The second-order valence-corrected chi connectivity index (χ2v) is 4.61. The number of halogens is 5. The number of nitrogens with zero attached hydrogens (tertiary/aromatic N) is 1. The number of benzene rings is 1. The Bertz CT molecular complexity index is 712. The van der Waals surface area contributed by atoms with Gasteiger partial charge < -0.3 is 9.15 Å². The van der Waals surface area contributed by atoms with Crippen LogP contribution in [0.15, 0.2) is 22.6 Å². The van der Waals surface area contributed by atoms with Gasteiger partial charge in [-0.05, 0) is 18.2 Å². The monoisotopic (exact) mass is 337 g/mol. The molecule has 0 saturated heterocycles. The minimum absolute atomic E-state index is 0.130. The topological polar surface area (TPSA) is 52.3 Å². The summed E-state index contributed by atoms with van der Waals surface area (Å²) >= 11 is 5.59. The summed E-state index contributed by atoms with van der Waals surface area (Å²) in [6.07, 6.45) is -6.08. The van der Waals surface area contributed by atoms with Crippen LogP contribution in [0.5, 0.6) is 0 Å². The van der Waals surface area contributed by atoms with Crippen molar-refractivity contribution in [3.05, 3.63) is 40.5 Å². The summed E-state index contributed by atoms with van der Waals surface area (Å²) in [5.74, 6) is -2.75. The molecule has 22 heavy (non-hydrogen) atoms. The third kappa shape index (κ3) is 3.56. The molecule has 0 aliphatic carbocycles. The van der Waals surface area contributed by atoms with E-state index in [2.05, 4.69) is 9.72 Å². The lowest BCUT2D eigenvalue weighted by Crippen LogP contribution is -2.14. The first kappa shape index (κ1) is 16.3. The summed E-state index contributed by atoms with van der Waals surface area (Å²) in [5, 5.41) is -0.257. The van der Waals surface area contributed by atoms with Gasteiger partial charge in [-0.2, -0.15) is 13.2 Å². The zero-order valence-corrected chi connectivity index (χ0v) is 11.8.